The van der Waals surface area contributed by atoms with Gasteiger partial charge in [0, 0.05) is 8.95 Å². The fraction of sp³-hybridized carbons (Fsp3) is 0.250. The van der Waals surface area contributed by atoms with Crippen molar-refractivity contribution in [2.24, 2.45) is 5.73 Å². The van der Waals surface area contributed by atoms with Crippen molar-refractivity contribution in [1.29, 1.82) is 0 Å². The molecule has 0 bridgehead atoms. The predicted octanol–water partition coefficient (Wildman–Crippen LogP) is 1.79. The molecule has 5 heteroatoms. The van der Waals surface area contributed by atoms with Gasteiger partial charge in [-0.25, -0.2) is 0 Å². The lowest BCUT2D eigenvalue weighted by Crippen LogP contribution is -2.16. The molecule has 0 heterocycles. The van der Waals surface area contributed by atoms with Crippen LogP contribution in [0.2, 0.25) is 0 Å². The van der Waals surface area contributed by atoms with Crippen LogP contribution in [-0.2, 0) is 0 Å². The summed E-state index contributed by atoms with van der Waals surface area (Å²) in [5, 5.41) is 8.88. The Bertz CT molecular complexity index is 317. The third-order valence-corrected chi connectivity index (χ3v) is 2.84. The maximum absolute atomic E-state index is 8.88. The van der Waals surface area contributed by atoms with Gasteiger partial charge in [-0.05, 0) is 33.6 Å². The van der Waals surface area contributed by atoms with Crippen LogP contribution in [0.4, 0.5) is 5.69 Å². The molecular weight excluding hydrogens is 300 g/mol. The van der Waals surface area contributed by atoms with E-state index in [0.29, 0.717) is 5.69 Å². The summed E-state index contributed by atoms with van der Waals surface area (Å²) in [7, 11) is 0. The van der Waals surface area contributed by atoms with E-state index in [9.17, 15) is 0 Å². The van der Waals surface area contributed by atoms with Gasteiger partial charge in [-0.2, -0.15) is 0 Å². The van der Waals surface area contributed by atoms with Gasteiger partial charge in [0.05, 0.1) is 18.3 Å². The van der Waals surface area contributed by atoms with E-state index in [1.807, 2.05) is 6.07 Å². The van der Waals surface area contributed by atoms with Crippen LogP contribution >= 0.6 is 31.9 Å². The van der Waals surface area contributed by atoms with Gasteiger partial charge in [-0.1, -0.05) is 15.9 Å². The number of rotatable bonds is 2. The third kappa shape index (κ3) is 2.43. The molecular formula is C8H10Br2N2O. The Labute approximate surface area is 93.4 Å². The molecule has 0 fully saturated rings. The van der Waals surface area contributed by atoms with E-state index in [0.717, 1.165) is 14.5 Å². The summed E-state index contributed by atoms with van der Waals surface area (Å²) >= 11 is 6.62. The van der Waals surface area contributed by atoms with Crippen LogP contribution in [0.25, 0.3) is 0 Å². The highest BCUT2D eigenvalue weighted by molar-refractivity contribution is 9.11. The molecule has 0 aliphatic carbocycles. The van der Waals surface area contributed by atoms with Crippen LogP contribution in [0.3, 0.4) is 0 Å². The molecule has 0 aliphatic heterocycles. The zero-order valence-corrected chi connectivity index (χ0v) is 9.97. The largest absolute Gasteiger partial charge is 0.398 e. The van der Waals surface area contributed by atoms with Crippen molar-refractivity contribution in [2.75, 3.05) is 12.3 Å². The molecule has 3 nitrogen and oxygen atoms in total. The van der Waals surface area contributed by atoms with E-state index in [-0.39, 0.29) is 6.61 Å². The standard InChI is InChI=1S/C8H10Br2N2O/c9-4-1-5(7(11)3-13)8(12)6(10)2-4/h1-2,7,13H,3,11-12H2/t7-/m1/s1. The first kappa shape index (κ1) is 11.0. The third-order valence-electron chi connectivity index (χ3n) is 1.72. The second-order valence-corrected chi connectivity index (χ2v) is 4.45. The van der Waals surface area contributed by atoms with Crippen LogP contribution in [0.15, 0.2) is 21.1 Å². The molecule has 0 aliphatic rings. The van der Waals surface area contributed by atoms with Gasteiger partial charge in [-0.15, -0.1) is 0 Å². The van der Waals surface area contributed by atoms with Gasteiger partial charge in [0.2, 0.25) is 0 Å². The second kappa shape index (κ2) is 4.41. The SMILES string of the molecule is Nc1c(Br)cc(Br)cc1[C@H](N)CO. The molecule has 1 atom stereocenters. The number of hydrogen-bond donors (Lipinski definition) is 3. The molecule has 0 aromatic heterocycles. The van der Waals surface area contributed by atoms with E-state index < -0.39 is 6.04 Å². The Balaban J connectivity index is 3.20. The lowest BCUT2D eigenvalue weighted by molar-refractivity contribution is 0.268. The number of hydrogen-bond acceptors (Lipinski definition) is 3. The minimum absolute atomic E-state index is 0.118. The summed E-state index contributed by atoms with van der Waals surface area (Å²) in [5.41, 5.74) is 12.7. The number of benzene rings is 1. The van der Waals surface area contributed by atoms with E-state index >= 15 is 0 Å². The molecule has 72 valence electrons. The number of anilines is 1. The summed E-state index contributed by atoms with van der Waals surface area (Å²) in [6.45, 7) is -0.118. The monoisotopic (exact) mass is 308 g/mol. The van der Waals surface area contributed by atoms with Gasteiger partial charge in [-0.3, -0.25) is 0 Å². The lowest BCUT2D eigenvalue weighted by Gasteiger charge is -2.13. The minimum Gasteiger partial charge on any atom is -0.398 e. The van der Waals surface area contributed by atoms with Crippen molar-refractivity contribution >= 4 is 37.5 Å². The number of aliphatic hydroxyl groups is 1. The van der Waals surface area contributed by atoms with E-state index in [1.165, 1.54) is 0 Å². The van der Waals surface area contributed by atoms with E-state index in [2.05, 4.69) is 31.9 Å². The predicted molar refractivity (Wildman–Crippen MR) is 60.3 cm³/mol. The zero-order valence-electron chi connectivity index (χ0n) is 6.80. The lowest BCUT2D eigenvalue weighted by atomic mass is 10.1. The summed E-state index contributed by atoms with van der Waals surface area (Å²) in [6, 6.07) is 3.21. The van der Waals surface area contributed by atoms with Crippen molar-refractivity contribution in [3.05, 3.63) is 26.6 Å². The average Bonchev–Trinajstić information content (AvgIpc) is 2.10. The maximum atomic E-state index is 8.88. The Morgan fingerprint density at radius 1 is 1.38 bits per heavy atom. The summed E-state index contributed by atoms with van der Waals surface area (Å²) < 4.78 is 1.66. The Kier molecular flexibility index (Phi) is 3.73. The van der Waals surface area contributed by atoms with Crippen molar-refractivity contribution < 1.29 is 5.11 Å². The van der Waals surface area contributed by atoms with Gasteiger partial charge < -0.3 is 16.6 Å². The highest BCUT2D eigenvalue weighted by Crippen LogP contribution is 2.30. The van der Waals surface area contributed by atoms with Crippen LogP contribution < -0.4 is 11.5 Å². The fourth-order valence-electron chi connectivity index (χ4n) is 1.01. The van der Waals surface area contributed by atoms with Crippen LogP contribution in [0.1, 0.15) is 11.6 Å². The summed E-state index contributed by atoms with van der Waals surface area (Å²) in [6.07, 6.45) is 0. The molecule has 5 N–H and O–H groups in total. The number of halogens is 2. The van der Waals surface area contributed by atoms with Crippen molar-refractivity contribution in [2.45, 2.75) is 6.04 Å². The first-order valence-corrected chi connectivity index (χ1v) is 5.25. The molecule has 0 amide bonds. The first-order valence-electron chi connectivity index (χ1n) is 3.67. The highest BCUT2D eigenvalue weighted by atomic mass is 79.9. The molecule has 1 aromatic carbocycles. The van der Waals surface area contributed by atoms with Crippen LogP contribution in [-0.4, -0.2) is 11.7 Å². The Morgan fingerprint density at radius 3 is 2.54 bits per heavy atom. The van der Waals surface area contributed by atoms with Gasteiger partial charge in [0.25, 0.3) is 0 Å². The van der Waals surface area contributed by atoms with Crippen molar-refractivity contribution in [3.63, 3.8) is 0 Å². The first-order chi connectivity index (χ1) is 6.06. The van der Waals surface area contributed by atoms with Gasteiger partial charge >= 0.3 is 0 Å². The zero-order chi connectivity index (χ0) is 10.0. The van der Waals surface area contributed by atoms with Crippen molar-refractivity contribution in [3.8, 4) is 0 Å². The molecule has 0 unspecified atom stereocenters. The fourth-order valence-corrected chi connectivity index (χ4v) is 2.27. The molecule has 1 aromatic rings. The minimum atomic E-state index is -0.436. The molecule has 1 rings (SSSR count). The average molecular weight is 310 g/mol. The normalized spacial score (nSPS) is 12.9. The van der Waals surface area contributed by atoms with Gasteiger partial charge in [0.15, 0.2) is 0 Å². The van der Waals surface area contributed by atoms with Gasteiger partial charge in [0.1, 0.15) is 0 Å². The second-order valence-electron chi connectivity index (χ2n) is 2.68. The molecule has 0 spiro atoms. The number of aliphatic hydroxyl groups excluding tert-OH is 1. The smallest absolute Gasteiger partial charge is 0.0625 e. The molecule has 13 heavy (non-hydrogen) atoms. The van der Waals surface area contributed by atoms with Crippen LogP contribution in [0, 0.1) is 0 Å². The number of nitrogen functional groups attached to an aromatic ring is 1. The molecule has 0 radical (unpaired) electrons. The Morgan fingerprint density at radius 2 is 2.00 bits per heavy atom. The maximum Gasteiger partial charge on any atom is 0.0625 e. The summed E-state index contributed by atoms with van der Waals surface area (Å²) in [5.74, 6) is 0. The topological polar surface area (TPSA) is 72.3 Å². The molecule has 0 saturated carbocycles. The highest BCUT2D eigenvalue weighted by Gasteiger charge is 2.11. The number of nitrogens with two attached hydrogens (primary N) is 2. The Hall–Kier alpha value is -0.100. The van der Waals surface area contributed by atoms with E-state index in [4.69, 9.17) is 16.6 Å². The quantitative estimate of drug-likeness (QED) is 0.729. The summed E-state index contributed by atoms with van der Waals surface area (Å²) in [4.78, 5) is 0. The molecule has 0 saturated heterocycles. The van der Waals surface area contributed by atoms with E-state index in [1.54, 1.807) is 6.07 Å². The van der Waals surface area contributed by atoms with Crippen LogP contribution in [0.5, 0.6) is 0 Å². The van der Waals surface area contributed by atoms with Crippen molar-refractivity contribution in [1.82, 2.24) is 0 Å².